The molecule has 0 aliphatic rings. The van der Waals surface area contributed by atoms with E-state index in [-0.39, 0.29) is 5.91 Å². The third-order valence-corrected chi connectivity index (χ3v) is 3.85. The van der Waals surface area contributed by atoms with E-state index in [1.165, 1.54) is 11.3 Å². The van der Waals surface area contributed by atoms with Gasteiger partial charge in [-0.25, -0.2) is 0 Å². The molecular weight excluding hydrogens is 300 g/mol. The molecule has 3 N–H and O–H groups in total. The zero-order valence-corrected chi connectivity index (χ0v) is 11.3. The number of thiophene rings is 1. The third-order valence-electron chi connectivity index (χ3n) is 2.23. The molecule has 1 aromatic heterocycles. The van der Waals surface area contributed by atoms with Crippen LogP contribution in [-0.2, 0) is 6.54 Å². The third kappa shape index (κ3) is 3.31. The monoisotopic (exact) mass is 310 g/mol. The lowest BCUT2D eigenvalue weighted by atomic mass is 10.2. The second-order valence-electron chi connectivity index (χ2n) is 3.53. The van der Waals surface area contributed by atoms with Gasteiger partial charge in [0.1, 0.15) is 0 Å². The van der Waals surface area contributed by atoms with Crippen molar-refractivity contribution in [1.29, 1.82) is 0 Å². The molecule has 0 fully saturated rings. The summed E-state index contributed by atoms with van der Waals surface area (Å²) in [6.45, 7) is 0.509. The Bertz CT molecular complexity index is 522. The first-order chi connectivity index (χ1) is 8.15. The van der Waals surface area contributed by atoms with Gasteiger partial charge < -0.3 is 11.1 Å². The SMILES string of the molecule is Nc1ccc(CNC(=O)c2ccc(Br)s2)cc1. The van der Waals surface area contributed by atoms with E-state index in [9.17, 15) is 4.79 Å². The molecule has 88 valence electrons. The number of halogens is 1. The molecule has 17 heavy (non-hydrogen) atoms. The van der Waals surface area contributed by atoms with Gasteiger partial charge in [-0.05, 0) is 45.8 Å². The van der Waals surface area contributed by atoms with Crippen molar-refractivity contribution in [3.63, 3.8) is 0 Å². The summed E-state index contributed by atoms with van der Waals surface area (Å²) < 4.78 is 0.954. The summed E-state index contributed by atoms with van der Waals surface area (Å²) in [5.74, 6) is -0.0578. The Morgan fingerprint density at radius 2 is 1.94 bits per heavy atom. The molecule has 0 aliphatic heterocycles. The van der Waals surface area contributed by atoms with E-state index in [4.69, 9.17) is 5.73 Å². The lowest BCUT2D eigenvalue weighted by Gasteiger charge is -2.04. The Labute approximate surface area is 112 Å². The van der Waals surface area contributed by atoms with E-state index in [0.717, 1.165) is 15.0 Å². The average Bonchev–Trinajstić information content (AvgIpc) is 2.75. The summed E-state index contributed by atoms with van der Waals surface area (Å²) in [6.07, 6.45) is 0. The topological polar surface area (TPSA) is 55.1 Å². The van der Waals surface area contributed by atoms with Crippen molar-refractivity contribution < 1.29 is 4.79 Å². The number of nitrogens with one attached hydrogen (secondary N) is 1. The number of nitrogen functional groups attached to an aromatic ring is 1. The molecule has 5 heteroatoms. The molecule has 0 saturated carbocycles. The number of hydrogen-bond donors (Lipinski definition) is 2. The highest BCUT2D eigenvalue weighted by Gasteiger charge is 2.07. The van der Waals surface area contributed by atoms with Crippen LogP contribution in [0.3, 0.4) is 0 Å². The molecule has 0 atom stereocenters. The van der Waals surface area contributed by atoms with Crippen LogP contribution < -0.4 is 11.1 Å². The Morgan fingerprint density at radius 3 is 2.53 bits per heavy atom. The van der Waals surface area contributed by atoms with Gasteiger partial charge in [-0.2, -0.15) is 0 Å². The van der Waals surface area contributed by atoms with Crippen molar-refractivity contribution in [2.45, 2.75) is 6.54 Å². The van der Waals surface area contributed by atoms with Crippen LogP contribution in [0.2, 0.25) is 0 Å². The predicted octanol–water partition coefficient (Wildman–Crippen LogP) is 3.02. The minimum Gasteiger partial charge on any atom is -0.399 e. The van der Waals surface area contributed by atoms with Crippen LogP contribution in [0.4, 0.5) is 5.69 Å². The molecule has 1 aromatic carbocycles. The first-order valence-corrected chi connectivity index (χ1v) is 6.64. The molecule has 0 spiro atoms. The average molecular weight is 311 g/mol. The molecule has 0 bridgehead atoms. The first-order valence-electron chi connectivity index (χ1n) is 5.03. The van der Waals surface area contributed by atoms with Gasteiger partial charge in [-0.3, -0.25) is 4.79 Å². The molecule has 2 aromatic rings. The normalized spacial score (nSPS) is 10.2. The maximum absolute atomic E-state index is 11.8. The zero-order valence-electron chi connectivity index (χ0n) is 8.94. The largest absolute Gasteiger partial charge is 0.399 e. The van der Waals surface area contributed by atoms with Crippen LogP contribution in [0.15, 0.2) is 40.2 Å². The summed E-state index contributed by atoms with van der Waals surface area (Å²) in [5.41, 5.74) is 7.34. The summed E-state index contributed by atoms with van der Waals surface area (Å²) in [4.78, 5) is 12.5. The van der Waals surface area contributed by atoms with Crippen LogP contribution in [-0.4, -0.2) is 5.91 Å². The van der Waals surface area contributed by atoms with Gasteiger partial charge in [0.2, 0.25) is 0 Å². The molecular formula is C12H11BrN2OS. The van der Waals surface area contributed by atoms with E-state index in [1.807, 2.05) is 30.3 Å². The zero-order chi connectivity index (χ0) is 12.3. The summed E-state index contributed by atoms with van der Waals surface area (Å²) in [7, 11) is 0. The minimum atomic E-state index is -0.0578. The number of anilines is 1. The molecule has 0 aliphatic carbocycles. The minimum absolute atomic E-state index is 0.0578. The summed E-state index contributed by atoms with van der Waals surface area (Å²) in [5, 5.41) is 2.86. The van der Waals surface area contributed by atoms with Crippen LogP contribution in [0.5, 0.6) is 0 Å². The van der Waals surface area contributed by atoms with Crippen LogP contribution in [0.25, 0.3) is 0 Å². The van der Waals surface area contributed by atoms with E-state index in [1.54, 1.807) is 6.07 Å². The highest BCUT2D eigenvalue weighted by molar-refractivity contribution is 9.11. The molecule has 3 nitrogen and oxygen atoms in total. The molecule has 0 radical (unpaired) electrons. The molecule has 2 rings (SSSR count). The fourth-order valence-corrected chi connectivity index (χ4v) is 2.64. The summed E-state index contributed by atoms with van der Waals surface area (Å²) >= 11 is 4.75. The smallest absolute Gasteiger partial charge is 0.261 e. The van der Waals surface area contributed by atoms with Gasteiger partial charge in [0.25, 0.3) is 5.91 Å². The maximum atomic E-state index is 11.8. The number of hydrogen-bond acceptors (Lipinski definition) is 3. The van der Waals surface area contributed by atoms with Gasteiger partial charge in [-0.15, -0.1) is 11.3 Å². The molecule has 0 saturated heterocycles. The van der Waals surface area contributed by atoms with Gasteiger partial charge in [0.05, 0.1) is 8.66 Å². The van der Waals surface area contributed by atoms with Crippen LogP contribution in [0.1, 0.15) is 15.2 Å². The fraction of sp³-hybridized carbons (Fsp3) is 0.0833. The van der Waals surface area contributed by atoms with Gasteiger partial charge in [0, 0.05) is 12.2 Å². The number of carbonyl (C=O) groups is 1. The van der Waals surface area contributed by atoms with E-state index >= 15 is 0 Å². The Morgan fingerprint density at radius 1 is 1.24 bits per heavy atom. The Balaban J connectivity index is 1.94. The number of carbonyl (C=O) groups excluding carboxylic acids is 1. The van der Waals surface area contributed by atoms with Crippen molar-refractivity contribution in [1.82, 2.24) is 5.32 Å². The van der Waals surface area contributed by atoms with Crippen molar-refractivity contribution >= 4 is 38.9 Å². The number of rotatable bonds is 3. The van der Waals surface area contributed by atoms with Gasteiger partial charge in [0.15, 0.2) is 0 Å². The number of amides is 1. The Hall–Kier alpha value is -1.33. The maximum Gasteiger partial charge on any atom is 0.261 e. The number of benzene rings is 1. The van der Waals surface area contributed by atoms with Crippen molar-refractivity contribution in [2.24, 2.45) is 0 Å². The van der Waals surface area contributed by atoms with E-state index in [0.29, 0.717) is 11.4 Å². The van der Waals surface area contributed by atoms with E-state index in [2.05, 4.69) is 21.2 Å². The lowest BCUT2D eigenvalue weighted by molar-refractivity contribution is 0.0955. The van der Waals surface area contributed by atoms with Gasteiger partial charge in [-0.1, -0.05) is 12.1 Å². The van der Waals surface area contributed by atoms with Crippen molar-refractivity contribution in [3.8, 4) is 0 Å². The standard InChI is InChI=1S/C12H11BrN2OS/c13-11-6-5-10(17-11)12(16)15-7-8-1-3-9(14)4-2-8/h1-6H,7,14H2,(H,15,16). The van der Waals surface area contributed by atoms with Crippen molar-refractivity contribution in [3.05, 3.63) is 50.6 Å². The fourth-order valence-electron chi connectivity index (χ4n) is 1.34. The number of nitrogens with two attached hydrogens (primary N) is 1. The lowest BCUT2D eigenvalue weighted by Crippen LogP contribution is -2.21. The molecule has 1 amide bonds. The first kappa shape index (κ1) is 12.1. The van der Waals surface area contributed by atoms with Crippen molar-refractivity contribution in [2.75, 3.05) is 5.73 Å². The highest BCUT2D eigenvalue weighted by atomic mass is 79.9. The molecule has 1 heterocycles. The highest BCUT2D eigenvalue weighted by Crippen LogP contribution is 2.21. The van der Waals surface area contributed by atoms with Gasteiger partial charge >= 0.3 is 0 Å². The second-order valence-corrected chi connectivity index (χ2v) is 5.99. The predicted molar refractivity (Wildman–Crippen MR) is 74.0 cm³/mol. The van der Waals surface area contributed by atoms with Crippen LogP contribution in [0, 0.1) is 0 Å². The quantitative estimate of drug-likeness (QED) is 0.856. The Kier molecular flexibility index (Phi) is 3.81. The molecule has 0 unspecified atom stereocenters. The van der Waals surface area contributed by atoms with E-state index < -0.39 is 0 Å². The second kappa shape index (κ2) is 5.33. The van der Waals surface area contributed by atoms with Crippen LogP contribution >= 0.6 is 27.3 Å². The summed E-state index contributed by atoms with van der Waals surface area (Å²) in [6, 6.07) is 11.1.